The summed E-state index contributed by atoms with van der Waals surface area (Å²) in [4.78, 5) is 12.6. The third kappa shape index (κ3) is 4.44. The van der Waals surface area contributed by atoms with Gasteiger partial charge in [-0.05, 0) is 11.6 Å². The van der Waals surface area contributed by atoms with E-state index in [1.165, 1.54) is 6.07 Å². The standard InChI is InChI=1S/C13H20N2O5/c1-19-7-5-14(6-8-20-2)12-4-3-11(10-16)9-13(12)15(17)18/h3-4,9,16H,5-8,10H2,1-2H3. The molecule has 7 heteroatoms. The smallest absolute Gasteiger partial charge is 0.292 e. The van der Waals surface area contributed by atoms with E-state index in [2.05, 4.69) is 0 Å². The molecule has 0 aliphatic carbocycles. The Labute approximate surface area is 117 Å². The van der Waals surface area contributed by atoms with Gasteiger partial charge in [-0.15, -0.1) is 0 Å². The fourth-order valence-corrected chi connectivity index (χ4v) is 1.84. The zero-order chi connectivity index (χ0) is 15.0. The summed E-state index contributed by atoms with van der Waals surface area (Å²) in [7, 11) is 3.16. The molecule has 0 saturated heterocycles. The lowest BCUT2D eigenvalue weighted by atomic mass is 10.1. The van der Waals surface area contributed by atoms with E-state index in [1.54, 1.807) is 26.4 Å². The maximum absolute atomic E-state index is 11.2. The SMILES string of the molecule is COCCN(CCOC)c1ccc(CO)cc1[N+](=O)[O-]. The molecule has 7 nitrogen and oxygen atoms in total. The van der Waals surface area contributed by atoms with Crippen molar-refractivity contribution in [2.45, 2.75) is 6.61 Å². The van der Waals surface area contributed by atoms with Gasteiger partial charge >= 0.3 is 0 Å². The van der Waals surface area contributed by atoms with E-state index in [4.69, 9.17) is 14.6 Å². The molecule has 0 radical (unpaired) electrons. The number of aliphatic hydroxyl groups is 1. The lowest BCUT2D eigenvalue weighted by molar-refractivity contribution is -0.384. The third-order valence-corrected chi connectivity index (χ3v) is 2.89. The molecule has 1 aromatic carbocycles. The molecule has 0 heterocycles. The van der Waals surface area contributed by atoms with Crippen molar-refractivity contribution in [2.24, 2.45) is 0 Å². The Hall–Kier alpha value is -1.70. The summed E-state index contributed by atoms with van der Waals surface area (Å²) in [5.41, 5.74) is 0.990. The van der Waals surface area contributed by atoms with E-state index in [9.17, 15) is 10.1 Å². The average molecular weight is 284 g/mol. The number of anilines is 1. The predicted molar refractivity (Wildman–Crippen MR) is 75.0 cm³/mol. The molecule has 1 aromatic rings. The van der Waals surface area contributed by atoms with Crippen LogP contribution in [0.2, 0.25) is 0 Å². The lowest BCUT2D eigenvalue weighted by Crippen LogP contribution is -2.31. The number of nitrogens with zero attached hydrogens (tertiary/aromatic N) is 2. The Bertz CT molecular complexity index is 431. The van der Waals surface area contributed by atoms with Crippen LogP contribution in [-0.2, 0) is 16.1 Å². The molecule has 0 atom stereocenters. The number of hydrogen-bond acceptors (Lipinski definition) is 6. The second-order valence-electron chi connectivity index (χ2n) is 4.21. The maximum Gasteiger partial charge on any atom is 0.292 e. The van der Waals surface area contributed by atoms with Gasteiger partial charge in [0.15, 0.2) is 0 Å². The molecular weight excluding hydrogens is 264 g/mol. The first-order chi connectivity index (χ1) is 9.63. The normalized spacial score (nSPS) is 10.6. The molecule has 0 aromatic heterocycles. The predicted octanol–water partition coefficient (Wildman–Crippen LogP) is 1.19. The number of methoxy groups -OCH3 is 2. The van der Waals surface area contributed by atoms with Crippen molar-refractivity contribution in [3.8, 4) is 0 Å². The van der Waals surface area contributed by atoms with Gasteiger partial charge in [-0.25, -0.2) is 0 Å². The Morgan fingerprint density at radius 2 is 1.85 bits per heavy atom. The molecule has 0 bridgehead atoms. The number of nitro benzene ring substituents is 1. The summed E-state index contributed by atoms with van der Waals surface area (Å²) < 4.78 is 10.1. The number of hydrogen-bond donors (Lipinski definition) is 1. The highest BCUT2D eigenvalue weighted by molar-refractivity contribution is 5.64. The fourth-order valence-electron chi connectivity index (χ4n) is 1.84. The van der Waals surface area contributed by atoms with Gasteiger partial charge in [0.1, 0.15) is 5.69 Å². The van der Waals surface area contributed by atoms with Gasteiger partial charge in [0.2, 0.25) is 0 Å². The van der Waals surface area contributed by atoms with Crippen LogP contribution in [0.25, 0.3) is 0 Å². The zero-order valence-corrected chi connectivity index (χ0v) is 11.7. The average Bonchev–Trinajstić information content (AvgIpc) is 2.47. The molecule has 0 fully saturated rings. The van der Waals surface area contributed by atoms with Gasteiger partial charge in [0, 0.05) is 33.4 Å². The van der Waals surface area contributed by atoms with E-state index in [0.717, 1.165) is 0 Å². The topological polar surface area (TPSA) is 85.1 Å². The van der Waals surface area contributed by atoms with Crippen LogP contribution in [0.5, 0.6) is 0 Å². The number of ether oxygens (including phenoxy) is 2. The number of aliphatic hydroxyl groups excluding tert-OH is 1. The van der Waals surface area contributed by atoms with Gasteiger partial charge in [-0.2, -0.15) is 0 Å². The Balaban J connectivity index is 3.06. The first-order valence-corrected chi connectivity index (χ1v) is 6.25. The Kier molecular flexibility index (Phi) is 6.92. The van der Waals surface area contributed by atoms with Crippen molar-refractivity contribution in [1.29, 1.82) is 0 Å². The number of rotatable bonds is 9. The molecule has 1 N–H and O–H groups in total. The van der Waals surface area contributed by atoms with Crippen LogP contribution < -0.4 is 4.90 Å². The van der Waals surface area contributed by atoms with E-state index >= 15 is 0 Å². The summed E-state index contributed by atoms with van der Waals surface area (Å²) in [6, 6.07) is 4.71. The molecule has 112 valence electrons. The fraction of sp³-hybridized carbons (Fsp3) is 0.538. The van der Waals surface area contributed by atoms with Gasteiger partial charge in [0.25, 0.3) is 5.69 Å². The van der Waals surface area contributed by atoms with Crippen LogP contribution in [0.15, 0.2) is 18.2 Å². The quantitative estimate of drug-likeness (QED) is 0.541. The molecule has 0 saturated carbocycles. The van der Waals surface area contributed by atoms with E-state index in [0.29, 0.717) is 37.6 Å². The van der Waals surface area contributed by atoms with E-state index in [-0.39, 0.29) is 12.3 Å². The minimum atomic E-state index is -0.443. The summed E-state index contributed by atoms with van der Waals surface area (Å²) in [6.07, 6.45) is 0. The monoisotopic (exact) mass is 284 g/mol. The molecule has 0 amide bonds. The van der Waals surface area contributed by atoms with Crippen molar-refractivity contribution < 1.29 is 19.5 Å². The van der Waals surface area contributed by atoms with Crippen LogP contribution in [-0.4, -0.2) is 50.6 Å². The summed E-state index contributed by atoms with van der Waals surface area (Å²) in [6.45, 7) is 1.75. The van der Waals surface area contributed by atoms with Crippen LogP contribution in [0.1, 0.15) is 5.56 Å². The van der Waals surface area contributed by atoms with E-state index in [1.807, 2.05) is 4.90 Å². The Morgan fingerprint density at radius 3 is 2.30 bits per heavy atom. The number of nitro groups is 1. The van der Waals surface area contributed by atoms with Crippen molar-refractivity contribution in [3.63, 3.8) is 0 Å². The van der Waals surface area contributed by atoms with Crippen LogP contribution in [0, 0.1) is 10.1 Å². The van der Waals surface area contributed by atoms with Gasteiger partial charge < -0.3 is 19.5 Å². The molecule has 0 unspecified atom stereocenters. The van der Waals surface area contributed by atoms with Crippen LogP contribution >= 0.6 is 0 Å². The van der Waals surface area contributed by atoms with Crippen molar-refractivity contribution in [3.05, 3.63) is 33.9 Å². The summed E-state index contributed by atoms with van der Waals surface area (Å²) in [5, 5.41) is 20.3. The molecule has 0 aliphatic rings. The minimum absolute atomic E-state index is 0.0243. The van der Waals surface area contributed by atoms with Gasteiger partial charge in [-0.1, -0.05) is 6.07 Å². The minimum Gasteiger partial charge on any atom is -0.392 e. The van der Waals surface area contributed by atoms with Crippen LogP contribution in [0.4, 0.5) is 11.4 Å². The molecule has 0 spiro atoms. The summed E-state index contributed by atoms with van der Waals surface area (Å²) in [5.74, 6) is 0. The third-order valence-electron chi connectivity index (χ3n) is 2.89. The highest BCUT2D eigenvalue weighted by atomic mass is 16.6. The highest BCUT2D eigenvalue weighted by Gasteiger charge is 2.19. The lowest BCUT2D eigenvalue weighted by Gasteiger charge is -2.24. The Morgan fingerprint density at radius 1 is 1.25 bits per heavy atom. The largest absolute Gasteiger partial charge is 0.392 e. The maximum atomic E-state index is 11.2. The van der Waals surface area contributed by atoms with Crippen LogP contribution in [0.3, 0.4) is 0 Å². The summed E-state index contributed by atoms with van der Waals surface area (Å²) >= 11 is 0. The molecule has 20 heavy (non-hydrogen) atoms. The van der Waals surface area contributed by atoms with Crippen molar-refractivity contribution in [1.82, 2.24) is 0 Å². The second-order valence-corrected chi connectivity index (χ2v) is 4.21. The van der Waals surface area contributed by atoms with Gasteiger partial charge in [0.05, 0.1) is 24.7 Å². The van der Waals surface area contributed by atoms with Crippen molar-refractivity contribution in [2.75, 3.05) is 45.4 Å². The number of benzene rings is 1. The first kappa shape index (κ1) is 16.4. The van der Waals surface area contributed by atoms with E-state index < -0.39 is 4.92 Å². The molecular formula is C13H20N2O5. The molecule has 1 rings (SSSR count). The zero-order valence-electron chi connectivity index (χ0n) is 11.7. The second kappa shape index (κ2) is 8.47. The highest BCUT2D eigenvalue weighted by Crippen LogP contribution is 2.29. The van der Waals surface area contributed by atoms with Crippen molar-refractivity contribution >= 4 is 11.4 Å². The molecule has 0 aliphatic heterocycles. The first-order valence-electron chi connectivity index (χ1n) is 6.25. The van der Waals surface area contributed by atoms with Gasteiger partial charge in [-0.3, -0.25) is 10.1 Å².